The molecule has 0 bridgehead atoms. The summed E-state index contributed by atoms with van der Waals surface area (Å²) in [6, 6.07) is 5.77. The Kier molecular flexibility index (Phi) is 14.9. The Morgan fingerprint density at radius 3 is 2.24 bits per heavy atom. The topological polar surface area (TPSA) is 114 Å². The van der Waals surface area contributed by atoms with Crippen LogP contribution in [-0.2, 0) is 30.3 Å². The quantitative estimate of drug-likeness (QED) is 0.313. The van der Waals surface area contributed by atoms with Gasteiger partial charge in [-0.25, -0.2) is 4.79 Å². The van der Waals surface area contributed by atoms with Gasteiger partial charge in [0.1, 0.15) is 17.7 Å². The van der Waals surface area contributed by atoms with E-state index in [1.54, 1.807) is 39.5 Å². The molecule has 2 atom stereocenters. The van der Waals surface area contributed by atoms with Gasteiger partial charge in [0.15, 0.2) is 0 Å². The van der Waals surface area contributed by atoms with Gasteiger partial charge in [0, 0.05) is 13.1 Å². The summed E-state index contributed by atoms with van der Waals surface area (Å²) in [6.45, 7) is 11.6. The van der Waals surface area contributed by atoms with E-state index in [0.717, 1.165) is 12.0 Å². The van der Waals surface area contributed by atoms with Crippen LogP contribution in [0.4, 0.5) is 4.79 Å². The van der Waals surface area contributed by atoms with Crippen LogP contribution in [0.1, 0.15) is 78.0 Å². The number of hydrogen-bond acceptors (Lipinski definition) is 7. The SMILES string of the molecule is CCCN(C(=O)C(CCSC)NC(=O)OC(C)(C)C)C(C(=O)NCCC(=O)OCC)c1ccc(CC)cc1. The number of thioether (sulfide) groups is 1. The van der Waals surface area contributed by atoms with Crippen LogP contribution in [-0.4, -0.2) is 72.1 Å². The van der Waals surface area contributed by atoms with Crippen LogP contribution in [0.25, 0.3) is 0 Å². The number of hydrogen-bond donors (Lipinski definition) is 2. The van der Waals surface area contributed by atoms with Gasteiger partial charge in [-0.1, -0.05) is 38.1 Å². The van der Waals surface area contributed by atoms with Crippen molar-refractivity contribution in [2.75, 3.05) is 31.7 Å². The number of carbonyl (C=O) groups excluding carboxylic acids is 4. The van der Waals surface area contributed by atoms with E-state index in [2.05, 4.69) is 10.6 Å². The van der Waals surface area contributed by atoms with Crippen molar-refractivity contribution in [3.8, 4) is 0 Å². The lowest BCUT2D eigenvalue weighted by Crippen LogP contribution is -2.53. The highest BCUT2D eigenvalue weighted by Gasteiger charge is 2.35. The fourth-order valence-electron chi connectivity index (χ4n) is 3.78. The van der Waals surface area contributed by atoms with E-state index in [1.807, 2.05) is 44.4 Å². The van der Waals surface area contributed by atoms with Gasteiger partial charge in [-0.05, 0) is 70.1 Å². The molecular formula is C28H45N3O6S. The zero-order valence-electron chi connectivity index (χ0n) is 23.9. The number of ether oxygens (including phenoxy) is 2. The van der Waals surface area contributed by atoms with Gasteiger partial charge in [0.2, 0.25) is 11.8 Å². The molecule has 2 unspecified atom stereocenters. The second-order valence-electron chi connectivity index (χ2n) is 9.86. The van der Waals surface area contributed by atoms with E-state index in [-0.39, 0.29) is 25.5 Å². The first-order valence-electron chi connectivity index (χ1n) is 13.3. The third-order valence-corrected chi connectivity index (χ3v) is 6.19. The molecule has 38 heavy (non-hydrogen) atoms. The van der Waals surface area contributed by atoms with Crippen LogP contribution in [0, 0.1) is 0 Å². The standard InChI is InChI=1S/C28H45N3O6S/c1-8-18-31(26(34)22(16-19-38-7)30-27(35)37-28(4,5)6)24(21-13-11-20(9-2)12-14-21)25(33)29-17-15-23(32)36-10-3/h11-14,22,24H,8-10,15-19H2,1-7H3,(H,29,33)(H,30,35). The molecule has 1 rings (SSSR count). The maximum atomic E-state index is 13.9. The number of benzene rings is 1. The Hall–Kier alpha value is -2.75. The van der Waals surface area contributed by atoms with Gasteiger partial charge in [-0.3, -0.25) is 14.4 Å². The van der Waals surface area contributed by atoms with Crippen LogP contribution in [0.2, 0.25) is 0 Å². The van der Waals surface area contributed by atoms with Crippen molar-refractivity contribution in [3.63, 3.8) is 0 Å². The first kappa shape index (κ1) is 33.3. The Bertz CT molecular complexity index is 901. The van der Waals surface area contributed by atoms with Gasteiger partial charge < -0.3 is 25.0 Å². The summed E-state index contributed by atoms with van der Waals surface area (Å²) in [5.41, 5.74) is 1.04. The second-order valence-corrected chi connectivity index (χ2v) is 10.8. The highest BCUT2D eigenvalue weighted by Crippen LogP contribution is 2.24. The van der Waals surface area contributed by atoms with Crippen LogP contribution < -0.4 is 10.6 Å². The third kappa shape index (κ3) is 11.8. The lowest BCUT2D eigenvalue weighted by Gasteiger charge is -2.34. The van der Waals surface area contributed by atoms with Crippen molar-refractivity contribution in [2.45, 2.75) is 84.9 Å². The van der Waals surface area contributed by atoms with Gasteiger partial charge in [0.25, 0.3) is 0 Å². The summed E-state index contributed by atoms with van der Waals surface area (Å²) in [7, 11) is 0. The molecule has 9 nitrogen and oxygen atoms in total. The molecule has 0 aliphatic carbocycles. The van der Waals surface area contributed by atoms with Crippen LogP contribution >= 0.6 is 11.8 Å². The van der Waals surface area contributed by atoms with Crippen molar-refractivity contribution in [1.82, 2.24) is 15.5 Å². The van der Waals surface area contributed by atoms with Crippen molar-refractivity contribution in [2.24, 2.45) is 0 Å². The van der Waals surface area contributed by atoms with Crippen molar-refractivity contribution < 1.29 is 28.7 Å². The molecule has 1 aromatic rings. The third-order valence-electron chi connectivity index (χ3n) is 5.54. The lowest BCUT2D eigenvalue weighted by molar-refractivity contribution is -0.144. The van der Waals surface area contributed by atoms with Crippen LogP contribution in [0.5, 0.6) is 0 Å². The minimum absolute atomic E-state index is 0.0271. The lowest BCUT2D eigenvalue weighted by atomic mass is 10.00. The number of nitrogens with one attached hydrogen (secondary N) is 2. The zero-order valence-corrected chi connectivity index (χ0v) is 24.7. The van der Waals surface area contributed by atoms with Gasteiger partial charge >= 0.3 is 12.1 Å². The number of nitrogens with zero attached hydrogens (tertiary/aromatic N) is 1. The molecule has 0 heterocycles. The van der Waals surface area contributed by atoms with Crippen LogP contribution in [0.15, 0.2) is 24.3 Å². The van der Waals surface area contributed by atoms with Crippen molar-refractivity contribution >= 4 is 35.6 Å². The summed E-state index contributed by atoms with van der Waals surface area (Å²) in [4.78, 5) is 53.4. The molecule has 0 aromatic heterocycles. The first-order valence-corrected chi connectivity index (χ1v) is 14.7. The molecule has 2 N–H and O–H groups in total. The van der Waals surface area contributed by atoms with E-state index >= 15 is 0 Å². The molecule has 0 fully saturated rings. The summed E-state index contributed by atoms with van der Waals surface area (Å²) < 4.78 is 10.4. The van der Waals surface area contributed by atoms with Gasteiger partial charge in [-0.15, -0.1) is 0 Å². The largest absolute Gasteiger partial charge is 0.466 e. The normalized spacial score (nSPS) is 12.7. The fraction of sp³-hybridized carbons (Fsp3) is 0.643. The minimum Gasteiger partial charge on any atom is -0.466 e. The number of rotatable bonds is 15. The average molecular weight is 552 g/mol. The molecule has 0 aliphatic rings. The summed E-state index contributed by atoms with van der Waals surface area (Å²) in [5.74, 6) is -0.539. The molecule has 1 aromatic carbocycles. The first-order chi connectivity index (χ1) is 18.0. The Labute approximate surface area is 231 Å². The second kappa shape index (κ2) is 17.0. The van der Waals surface area contributed by atoms with E-state index in [1.165, 1.54) is 4.90 Å². The summed E-state index contributed by atoms with van der Waals surface area (Å²) in [6.07, 6.45) is 3.09. The monoisotopic (exact) mass is 551 g/mol. The highest BCUT2D eigenvalue weighted by atomic mass is 32.2. The minimum atomic E-state index is -0.937. The zero-order chi connectivity index (χ0) is 28.7. The van der Waals surface area contributed by atoms with E-state index < -0.39 is 35.7 Å². The molecule has 214 valence electrons. The molecule has 0 aliphatic heterocycles. The fourth-order valence-corrected chi connectivity index (χ4v) is 4.25. The Morgan fingerprint density at radius 2 is 1.71 bits per heavy atom. The molecule has 0 saturated heterocycles. The predicted octanol–water partition coefficient (Wildman–Crippen LogP) is 4.24. The van der Waals surface area contributed by atoms with Crippen molar-refractivity contribution in [1.29, 1.82) is 0 Å². The maximum Gasteiger partial charge on any atom is 0.408 e. The predicted molar refractivity (Wildman–Crippen MR) is 151 cm³/mol. The molecule has 3 amide bonds. The maximum absolute atomic E-state index is 13.9. The summed E-state index contributed by atoms with van der Waals surface area (Å²) >= 11 is 1.56. The van der Waals surface area contributed by atoms with Crippen LogP contribution in [0.3, 0.4) is 0 Å². The Balaban J connectivity index is 3.33. The smallest absolute Gasteiger partial charge is 0.408 e. The molecule has 0 radical (unpaired) electrons. The molecule has 0 spiro atoms. The van der Waals surface area contributed by atoms with E-state index in [4.69, 9.17) is 9.47 Å². The number of carbonyl (C=O) groups is 4. The molecule has 0 saturated carbocycles. The molecular weight excluding hydrogens is 506 g/mol. The number of esters is 1. The molecule has 10 heteroatoms. The number of amides is 3. The van der Waals surface area contributed by atoms with E-state index in [0.29, 0.717) is 30.7 Å². The number of alkyl carbamates (subject to hydrolysis) is 1. The van der Waals surface area contributed by atoms with Gasteiger partial charge in [-0.2, -0.15) is 11.8 Å². The summed E-state index contributed by atoms with van der Waals surface area (Å²) in [5, 5.41) is 5.52. The van der Waals surface area contributed by atoms with E-state index in [9.17, 15) is 19.2 Å². The van der Waals surface area contributed by atoms with Crippen molar-refractivity contribution in [3.05, 3.63) is 35.4 Å². The number of aryl methyl sites for hydroxylation is 1. The average Bonchev–Trinajstić information content (AvgIpc) is 2.85. The van der Waals surface area contributed by atoms with Gasteiger partial charge in [0.05, 0.1) is 13.0 Å². The highest BCUT2D eigenvalue weighted by molar-refractivity contribution is 7.98. The Morgan fingerprint density at radius 1 is 1.05 bits per heavy atom.